The molecule has 4 rings (SSSR count). The highest BCUT2D eigenvalue weighted by Gasteiger charge is 2.26. The minimum Gasteiger partial charge on any atom is -0.343 e. The van der Waals surface area contributed by atoms with Crippen LogP contribution in [0.3, 0.4) is 0 Å². The Bertz CT molecular complexity index is 1110. The Morgan fingerprint density at radius 1 is 1.27 bits per heavy atom. The molecule has 0 saturated carbocycles. The summed E-state index contributed by atoms with van der Waals surface area (Å²) in [7, 11) is 0. The third kappa shape index (κ3) is 4.23. The van der Waals surface area contributed by atoms with Gasteiger partial charge in [-0.3, -0.25) is 9.59 Å². The SMILES string of the molecule is CC(C)CC(=O)N1CCC(c2nc3c(nnn3Cc3ccccc3Cl)c(=O)[nH]2)CC1. The van der Waals surface area contributed by atoms with Crippen LogP contribution in [0, 0.1) is 5.92 Å². The van der Waals surface area contributed by atoms with Crippen molar-refractivity contribution in [2.45, 2.75) is 45.6 Å². The highest BCUT2D eigenvalue weighted by atomic mass is 35.5. The van der Waals surface area contributed by atoms with Crippen LogP contribution in [-0.4, -0.2) is 48.9 Å². The van der Waals surface area contributed by atoms with Gasteiger partial charge in [0.2, 0.25) is 5.91 Å². The Kier molecular flexibility index (Phi) is 5.85. The summed E-state index contributed by atoms with van der Waals surface area (Å²) < 4.78 is 1.61. The van der Waals surface area contributed by atoms with Crippen molar-refractivity contribution < 1.29 is 4.79 Å². The summed E-state index contributed by atoms with van der Waals surface area (Å²) in [6, 6.07) is 7.49. The summed E-state index contributed by atoms with van der Waals surface area (Å²) in [5.74, 6) is 1.27. The zero-order valence-electron chi connectivity index (χ0n) is 17.1. The number of fused-ring (bicyclic) bond motifs is 1. The monoisotopic (exact) mass is 428 g/mol. The molecule has 0 unspecified atom stereocenters. The van der Waals surface area contributed by atoms with Crippen molar-refractivity contribution in [2.75, 3.05) is 13.1 Å². The van der Waals surface area contributed by atoms with Crippen molar-refractivity contribution in [3.05, 3.63) is 51.0 Å². The standard InChI is InChI=1S/C21H25ClN6O2/c1-13(2)11-17(29)27-9-7-14(8-10-27)19-23-20-18(21(30)24-19)25-26-28(20)12-15-5-3-4-6-16(15)22/h3-6,13-14H,7-12H2,1-2H3,(H,23,24,30). The molecule has 1 aliphatic rings. The van der Waals surface area contributed by atoms with Crippen LogP contribution < -0.4 is 5.56 Å². The van der Waals surface area contributed by atoms with E-state index in [4.69, 9.17) is 16.6 Å². The van der Waals surface area contributed by atoms with Gasteiger partial charge in [0.1, 0.15) is 5.82 Å². The minimum absolute atomic E-state index is 0.0915. The molecule has 158 valence electrons. The van der Waals surface area contributed by atoms with Crippen molar-refractivity contribution >= 4 is 28.7 Å². The number of aromatic nitrogens is 5. The molecule has 0 atom stereocenters. The molecular formula is C21H25ClN6O2. The average Bonchev–Trinajstić information content (AvgIpc) is 3.13. The molecule has 9 heteroatoms. The molecule has 1 amide bonds. The van der Waals surface area contributed by atoms with Crippen LogP contribution in [0.1, 0.15) is 50.4 Å². The van der Waals surface area contributed by atoms with Gasteiger partial charge in [-0.05, 0) is 30.4 Å². The number of rotatable bonds is 5. The fraction of sp³-hybridized carbons (Fsp3) is 0.476. The Balaban J connectivity index is 1.55. The highest BCUT2D eigenvalue weighted by Crippen LogP contribution is 2.26. The first-order valence-corrected chi connectivity index (χ1v) is 10.6. The van der Waals surface area contributed by atoms with E-state index in [0.29, 0.717) is 48.5 Å². The van der Waals surface area contributed by atoms with E-state index in [9.17, 15) is 9.59 Å². The summed E-state index contributed by atoms with van der Waals surface area (Å²) >= 11 is 6.27. The number of piperidine rings is 1. The second-order valence-corrected chi connectivity index (χ2v) is 8.62. The molecule has 0 radical (unpaired) electrons. The van der Waals surface area contributed by atoms with E-state index < -0.39 is 0 Å². The number of aromatic amines is 1. The number of nitrogens with one attached hydrogen (secondary N) is 1. The van der Waals surface area contributed by atoms with Gasteiger partial charge in [0.25, 0.3) is 5.56 Å². The van der Waals surface area contributed by atoms with Gasteiger partial charge in [0.15, 0.2) is 11.2 Å². The number of halogens is 1. The van der Waals surface area contributed by atoms with Gasteiger partial charge in [-0.15, -0.1) is 5.10 Å². The molecular weight excluding hydrogens is 404 g/mol. The van der Waals surface area contributed by atoms with Gasteiger partial charge in [0, 0.05) is 30.5 Å². The third-order valence-electron chi connectivity index (χ3n) is 5.49. The van der Waals surface area contributed by atoms with Gasteiger partial charge >= 0.3 is 0 Å². The van der Waals surface area contributed by atoms with Crippen molar-refractivity contribution in [3.8, 4) is 0 Å². The lowest BCUT2D eigenvalue weighted by molar-refractivity contribution is -0.133. The Morgan fingerprint density at radius 3 is 2.70 bits per heavy atom. The third-order valence-corrected chi connectivity index (χ3v) is 5.86. The van der Waals surface area contributed by atoms with Crippen molar-refractivity contribution in [1.82, 2.24) is 29.9 Å². The molecule has 1 fully saturated rings. The topological polar surface area (TPSA) is 96.8 Å². The second kappa shape index (κ2) is 8.55. The molecule has 3 aromatic rings. The molecule has 2 aromatic heterocycles. The van der Waals surface area contributed by atoms with E-state index in [1.54, 1.807) is 4.68 Å². The molecule has 1 aliphatic heterocycles. The lowest BCUT2D eigenvalue weighted by Gasteiger charge is -2.32. The normalized spacial score (nSPS) is 15.3. The van der Waals surface area contributed by atoms with E-state index in [-0.39, 0.29) is 22.9 Å². The van der Waals surface area contributed by atoms with Crippen LogP contribution in [0.15, 0.2) is 29.1 Å². The summed E-state index contributed by atoms with van der Waals surface area (Å²) in [5, 5.41) is 8.75. The first-order chi connectivity index (χ1) is 14.4. The van der Waals surface area contributed by atoms with E-state index >= 15 is 0 Å². The number of nitrogens with zero attached hydrogens (tertiary/aromatic N) is 5. The van der Waals surface area contributed by atoms with Crippen molar-refractivity contribution in [2.24, 2.45) is 5.92 Å². The first-order valence-electron chi connectivity index (χ1n) is 10.3. The summed E-state index contributed by atoms with van der Waals surface area (Å²) in [5.41, 5.74) is 1.26. The molecule has 0 aliphatic carbocycles. The molecule has 1 saturated heterocycles. The van der Waals surface area contributed by atoms with E-state index in [2.05, 4.69) is 15.3 Å². The highest BCUT2D eigenvalue weighted by molar-refractivity contribution is 6.31. The zero-order valence-corrected chi connectivity index (χ0v) is 17.9. The number of hydrogen-bond donors (Lipinski definition) is 1. The van der Waals surface area contributed by atoms with Crippen LogP contribution in [-0.2, 0) is 11.3 Å². The number of carbonyl (C=O) groups excluding carboxylic acids is 1. The number of amides is 1. The number of benzene rings is 1. The second-order valence-electron chi connectivity index (χ2n) is 8.21. The summed E-state index contributed by atoms with van der Waals surface area (Å²) in [6.07, 6.45) is 2.10. The molecule has 8 nitrogen and oxygen atoms in total. The van der Waals surface area contributed by atoms with Crippen LogP contribution >= 0.6 is 11.6 Å². The maximum atomic E-state index is 12.6. The maximum Gasteiger partial charge on any atom is 0.281 e. The minimum atomic E-state index is -0.293. The van der Waals surface area contributed by atoms with Crippen LogP contribution in [0.25, 0.3) is 11.2 Å². The van der Waals surface area contributed by atoms with Gasteiger partial charge in [-0.25, -0.2) is 9.67 Å². The number of hydrogen-bond acceptors (Lipinski definition) is 5. The Morgan fingerprint density at radius 2 is 2.00 bits per heavy atom. The van der Waals surface area contributed by atoms with Crippen LogP contribution in [0.5, 0.6) is 0 Å². The smallest absolute Gasteiger partial charge is 0.281 e. The Labute approximate surface area is 179 Å². The lowest BCUT2D eigenvalue weighted by Crippen LogP contribution is -2.38. The number of carbonyl (C=O) groups is 1. The molecule has 30 heavy (non-hydrogen) atoms. The van der Waals surface area contributed by atoms with Gasteiger partial charge in [-0.2, -0.15) is 0 Å². The maximum absolute atomic E-state index is 12.6. The Hall–Kier alpha value is -2.74. The van der Waals surface area contributed by atoms with Gasteiger partial charge in [0.05, 0.1) is 6.54 Å². The average molecular weight is 429 g/mol. The van der Waals surface area contributed by atoms with Crippen molar-refractivity contribution in [3.63, 3.8) is 0 Å². The predicted molar refractivity (Wildman–Crippen MR) is 115 cm³/mol. The van der Waals surface area contributed by atoms with E-state index in [0.717, 1.165) is 18.4 Å². The molecule has 0 bridgehead atoms. The predicted octanol–water partition coefficient (Wildman–Crippen LogP) is 2.97. The van der Waals surface area contributed by atoms with Gasteiger partial charge in [-0.1, -0.05) is 48.9 Å². The molecule has 0 spiro atoms. The van der Waals surface area contributed by atoms with E-state index in [1.807, 2.05) is 43.0 Å². The molecule has 3 heterocycles. The zero-order chi connectivity index (χ0) is 21.3. The summed E-state index contributed by atoms with van der Waals surface area (Å²) in [6.45, 7) is 5.83. The molecule has 1 aromatic carbocycles. The fourth-order valence-electron chi connectivity index (χ4n) is 3.85. The van der Waals surface area contributed by atoms with E-state index in [1.165, 1.54) is 0 Å². The number of H-pyrrole nitrogens is 1. The first kappa shape index (κ1) is 20.5. The summed E-state index contributed by atoms with van der Waals surface area (Å²) in [4.78, 5) is 34.4. The van der Waals surface area contributed by atoms with Crippen LogP contribution in [0.2, 0.25) is 5.02 Å². The quantitative estimate of drug-likeness (QED) is 0.673. The van der Waals surface area contributed by atoms with Crippen molar-refractivity contribution in [1.29, 1.82) is 0 Å². The largest absolute Gasteiger partial charge is 0.343 e. The fourth-order valence-corrected chi connectivity index (χ4v) is 4.05. The lowest BCUT2D eigenvalue weighted by atomic mass is 9.95. The van der Waals surface area contributed by atoms with Crippen LogP contribution in [0.4, 0.5) is 0 Å². The number of likely N-dealkylation sites (tertiary alicyclic amines) is 1. The van der Waals surface area contributed by atoms with Gasteiger partial charge < -0.3 is 9.88 Å². The molecule has 1 N–H and O–H groups in total.